The molecule has 0 spiro atoms. The fourth-order valence-electron chi connectivity index (χ4n) is 6.25. The van der Waals surface area contributed by atoms with Crippen molar-refractivity contribution in [3.63, 3.8) is 0 Å². The zero-order valence-corrected chi connectivity index (χ0v) is 24.4. The first-order chi connectivity index (χ1) is 20.2. The number of carbonyl (C=O) groups is 2. The van der Waals surface area contributed by atoms with Crippen molar-refractivity contribution < 1.29 is 19.1 Å². The van der Waals surface area contributed by atoms with Crippen LogP contribution in [0, 0.1) is 5.92 Å². The fraction of sp³-hybridized carbons (Fsp3) is 0.333. The average Bonchev–Trinajstić information content (AvgIpc) is 3.59. The van der Waals surface area contributed by atoms with Crippen LogP contribution in [0.3, 0.4) is 0 Å². The van der Waals surface area contributed by atoms with E-state index in [1.165, 1.54) is 38.6 Å². The minimum absolute atomic E-state index is 0.00510. The highest BCUT2D eigenvalue weighted by Gasteiger charge is 2.41. The zero-order valence-electron chi connectivity index (χ0n) is 24.4. The molecule has 3 atom stereocenters. The van der Waals surface area contributed by atoms with Gasteiger partial charge in [-0.3, -0.25) is 0 Å². The predicted molar refractivity (Wildman–Crippen MR) is 166 cm³/mol. The highest BCUT2D eigenvalue weighted by Crippen LogP contribution is 2.44. The molecule has 216 valence electrons. The van der Waals surface area contributed by atoms with E-state index in [1.807, 2.05) is 57.2 Å². The molecule has 2 aliphatic carbocycles. The lowest BCUT2D eigenvalue weighted by molar-refractivity contribution is 0.0520. The van der Waals surface area contributed by atoms with Crippen LogP contribution in [0.4, 0.5) is 9.59 Å². The quantitative estimate of drug-likeness (QED) is 0.232. The molecule has 6 rings (SSSR count). The highest BCUT2D eigenvalue weighted by molar-refractivity contribution is 5.86. The van der Waals surface area contributed by atoms with Crippen LogP contribution < -0.4 is 10.6 Å². The number of carbonyl (C=O) groups excluding carboxylic acids is 2. The van der Waals surface area contributed by atoms with E-state index in [0.717, 1.165) is 12.8 Å². The topological polar surface area (TPSA) is 76.7 Å². The van der Waals surface area contributed by atoms with Crippen molar-refractivity contribution >= 4 is 23.0 Å². The molecule has 0 saturated heterocycles. The molecule has 0 radical (unpaired) electrons. The molecule has 1 fully saturated rings. The summed E-state index contributed by atoms with van der Waals surface area (Å²) in [4.78, 5) is 25.6. The maximum absolute atomic E-state index is 13.3. The molecule has 2 amide bonds. The van der Waals surface area contributed by atoms with Crippen molar-refractivity contribution in [1.29, 1.82) is 0 Å². The normalized spacial score (nSPS) is 18.1. The summed E-state index contributed by atoms with van der Waals surface area (Å²) >= 11 is 0. The van der Waals surface area contributed by atoms with Crippen LogP contribution in [0.25, 0.3) is 21.9 Å². The number of rotatable bonds is 8. The van der Waals surface area contributed by atoms with E-state index in [1.54, 1.807) is 0 Å². The maximum atomic E-state index is 13.3. The summed E-state index contributed by atoms with van der Waals surface area (Å²) in [7, 11) is 0. The number of nitrogens with one attached hydrogen (secondary N) is 2. The van der Waals surface area contributed by atoms with Gasteiger partial charge >= 0.3 is 12.2 Å². The van der Waals surface area contributed by atoms with Gasteiger partial charge in [-0.05, 0) is 84.5 Å². The lowest BCUT2D eigenvalue weighted by Crippen LogP contribution is -2.39. The Kier molecular flexibility index (Phi) is 7.63. The summed E-state index contributed by atoms with van der Waals surface area (Å²) in [5, 5.41) is 8.52. The van der Waals surface area contributed by atoms with E-state index in [4.69, 9.17) is 9.47 Å². The monoisotopic (exact) mass is 562 g/mol. The van der Waals surface area contributed by atoms with Gasteiger partial charge in [0, 0.05) is 18.0 Å². The Bertz CT molecular complexity index is 1560. The average molecular weight is 563 g/mol. The van der Waals surface area contributed by atoms with E-state index < -0.39 is 17.8 Å². The smallest absolute Gasteiger partial charge is 0.407 e. The van der Waals surface area contributed by atoms with Crippen LogP contribution in [-0.2, 0) is 15.9 Å². The van der Waals surface area contributed by atoms with E-state index in [9.17, 15) is 9.59 Å². The summed E-state index contributed by atoms with van der Waals surface area (Å²) in [5.74, 6) is 0.261. The number of amides is 2. The van der Waals surface area contributed by atoms with Gasteiger partial charge in [-0.2, -0.15) is 0 Å². The molecule has 4 aromatic carbocycles. The highest BCUT2D eigenvalue weighted by atomic mass is 16.6. The molecule has 0 heterocycles. The predicted octanol–water partition coefficient (Wildman–Crippen LogP) is 7.59. The molecule has 0 aliphatic heterocycles. The minimum Gasteiger partial charge on any atom is -0.449 e. The molecule has 0 aromatic heterocycles. The largest absolute Gasteiger partial charge is 0.449 e. The Morgan fingerprint density at radius 3 is 2.19 bits per heavy atom. The first-order valence-electron chi connectivity index (χ1n) is 14.8. The second-order valence-electron chi connectivity index (χ2n) is 12.5. The first-order valence-corrected chi connectivity index (χ1v) is 14.8. The van der Waals surface area contributed by atoms with E-state index in [0.29, 0.717) is 6.42 Å². The molecule has 6 heteroatoms. The SMILES string of the molecule is CC(C)(C)OC(=O)N[C@H]1C[C@H]1C[C@@H](Cc1cccc2ccccc12)NC(=O)OCC1c2ccccc2-c2ccccc21. The molecule has 6 nitrogen and oxygen atoms in total. The Morgan fingerprint density at radius 1 is 0.833 bits per heavy atom. The van der Waals surface area contributed by atoms with Crippen LogP contribution in [0.2, 0.25) is 0 Å². The van der Waals surface area contributed by atoms with Crippen LogP contribution in [-0.4, -0.2) is 36.5 Å². The van der Waals surface area contributed by atoms with Crippen molar-refractivity contribution in [1.82, 2.24) is 10.6 Å². The van der Waals surface area contributed by atoms with Crippen molar-refractivity contribution in [3.8, 4) is 11.1 Å². The van der Waals surface area contributed by atoms with Gasteiger partial charge in [0.15, 0.2) is 0 Å². The standard InChI is InChI=1S/C36H38N2O4/c1-36(2,3)42-35(40)38-33-21-25(33)20-26(19-24-13-10-12-23-11-4-5-14-27(23)24)37-34(39)41-22-32-30-17-8-6-15-28(30)29-16-7-9-18-31(29)32/h4-18,25-26,32-33H,19-22H2,1-3H3,(H,37,39)(H,38,40)/t25-,26-,33+/m1/s1. The lowest BCUT2D eigenvalue weighted by Gasteiger charge is -2.22. The van der Waals surface area contributed by atoms with Crippen molar-refractivity contribution in [2.24, 2.45) is 5.92 Å². The summed E-state index contributed by atoms with van der Waals surface area (Å²) in [6, 6.07) is 31.2. The summed E-state index contributed by atoms with van der Waals surface area (Å²) in [5.41, 5.74) is 5.41. The molecular weight excluding hydrogens is 524 g/mol. The van der Waals surface area contributed by atoms with E-state index in [-0.39, 0.29) is 30.5 Å². The third-order valence-electron chi connectivity index (χ3n) is 8.22. The Labute approximate surface area is 247 Å². The third-order valence-corrected chi connectivity index (χ3v) is 8.22. The summed E-state index contributed by atoms with van der Waals surface area (Å²) < 4.78 is 11.3. The van der Waals surface area contributed by atoms with Crippen molar-refractivity contribution in [2.45, 2.75) is 63.6 Å². The van der Waals surface area contributed by atoms with Crippen molar-refractivity contribution in [2.75, 3.05) is 6.61 Å². The Morgan fingerprint density at radius 2 is 1.48 bits per heavy atom. The van der Waals surface area contributed by atoms with Gasteiger partial charge < -0.3 is 20.1 Å². The number of alkyl carbamates (subject to hydrolysis) is 2. The molecule has 42 heavy (non-hydrogen) atoms. The molecule has 2 aliphatic rings. The second kappa shape index (κ2) is 11.5. The maximum Gasteiger partial charge on any atom is 0.407 e. The minimum atomic E-state index is -0.545. The fourth-order valence-corrected chi connectivity index (χ4v) is 6.25. The van der Waals surface area contributed by atoms with E-state index in [2.05, 4.69) is 65.2 Å². The van der Waals surface area contributed by atoms with Gasteiger partial charge in [-0.15, -0.1) is 0 Å². The van der Waals surface area contributed by atoms with Crippen LogP contribution in [0.5, 0.6) is 0 Å². The van der Waals surface area contributed by atoms with Gasteiger partial charge in [-0.1, -0.05) is 91.0 Å². The van der Waals surface area contributed by atoms with Crippen LogP contribution in [0.15, 0.2) is 91.0 Å². The van der Waals surface area contributed by atoms with Gasteiger partial charge in [0.05, 0.1) is 0 Å². The van der Waals surface area contributed by atoms with Crippen molar-refractivity contribution in [3.05, 3.63) is 108 Å². The first kappa shape index (κ1) is 27.8. The molecule has 1 saturated carbocycles. The number of ether oxygens (including phenoxy) is 2. The van der Waals surface area contributed by atoms with Gasteiger partial charge in [0.25, 0.3) is 0 Å². The molecule has 0 bridgehead atoms. The molecule has 4 aromatic rings. The van der Waals surface area contributed by atoms with Gasteiger partial charge in [0.1, 0.15) is 12.2 Å². The van der Waals surface area contributed by atoms with Crippen LogP contribution in [0.1, 0.15) is 56.2 Å². The van der Waals surface area contributed by atoms with Gasteiger partial charge in [0.2, 0.25) is 0 Å². The number of hydrogen-bond acceptors (Lipinski definition) is 4. The molecule has 0 unspecified atom stereocenters. The summed E-state index contributed by atoms with van der Waals surface area (Å²) in [6.07, 6.45) is 1.44. The number of benzene rings is 4. The lowest BCUT2D eigenvalue weighted by atomic mass is 9.96. The Balaban J connectivity index is 1.14. The van der Waals surface area contributed by atoms with Crippen LogP contribution >= 0.6 is 0 Å². The molecule has 2 N–H and O–H groups in total. The zero-order chi connectivity index (χ0) is 29.3. The number of fused-ring (bicyclic) bond motifs is 4. The second-order valence-corrected chi connectivity index (χ2v) is 12.5. The summed E-state index contributed by atoms with van der Waals surface area (Å²) in [6.45, 7) is 5.84. The van der Waals surface area contributed by atoms with E-state index >= 15 is 0 Å². The third kappa shape index (κ3) is 6.28. The number of hydrogen-bond donors (Lipinski definition) is 2. The van der Waals surface area contributed by atoms with Gasteiger partial charge in [-0.25, -0.2) is 9.59 Å². The molecular formula is C36H38N2O4. The Hall–Kier alpha value is -4.32.